The molecule has 3 heterocycles. The number of rotatable bonds is 7. The highest BCUT2D eigenvalue weighted by molar-refractivity contribution is 5.70. The van der Waals surface area contributed by atoms with E-state index in [1.807, 2.05) is 11.8 Å². The maximum atomic E-state index is 12.3. The summed E-state index contributed by atoms with van der Waals surface area (Å²) in [6, 6.07) is 0. The Hall–Kier alpha value is -1.60. The minimum absolute atomic E-state index is 0.150. The third-order valence-electron chi connectivity index (χ3n) is 5.29. The Balaban J connectivity index is 1.46. The largest absolute Gasteiger partial charge is 0.449 e. The van der Waals surface area contributed by atoms with E-state index in [1.165, 1.54) is 0 Å². The zero-order valence-corrected chi connectivity index (χ0v) is 16.5. The number of amides is 1. The molecule has 1 amide bonds. The molecule has 0 aliphatic carbocycles. The Morgan fingerprint density at radius 3 is 2.69 bits per heavy atom. The molecule has 0 unspecified atom stereocenters. The van der Waals surface area contributed by atoms with Gasteiger partial charge in [0.15, 0.2) is 5.89 Å². The Morgan fingerprint density at radius 1 is 1.35 bits per heavy atom. The van der Waals surface area contributed by atoms with Crippen molar-refractivity contribution in [2.24, 2.45) is 5.92 Å². The van der Waals surface area contributed by atoms with Crippen LogP contribution >= 0.6 is 0 Å². The van der Waals surface area contributed by atoms with Crippen LogP contribution in [0.1, 0.15) is 38.3 Å². The molecule has 1 aromatic rings. The van der Waals surface area contributed by atoms with Crippen LogP contribution in [0.2, 0.25) is 0 Å². The average Bonchev–Trinajstić information content (AvgIpc) is 3.11. The highest BCUT2D eigenvalue weighted by atomic mass is 16.6. The molecule has 0 radical (unpaired) electrons. The zero-order chi connectivity index (χ0) is 18.7. The van der Waals surface area contributed by atoms with Crippen LogP contribution in [0.25, 0.3) is 0 Å². The van der Waals surface area contributed by atoms with Crippen molar-refractivity contribution in [3.05, 3.63) is 17.8 Å². The topological polar surface area (TPSA) is 62.1 Å². The van der Waals surface area contributed by atoms with Gasteiger partial charge in [0.05, 0.1) is 12.2 Å². The first-order valence-corrected chi connectivity index (χ1v) is 9.65. The second kappa shape index (κ2) is 7.96. The molecule has 1 aromatic heterocycles. The first kappa shape index (κ1) is 19.2. The Kier molecular flexibility index (Phi) is 5.87. The van der Waals surface area contributed by atoms with Crippen molar-refractivity contribution in [1.29, 1.82) is 0 Å². The number of nitrogens with zero attached hydrogens (tertiary/aromatic N) is 4. The minimum Gasteiger partial charge on any atom is -0.449 e. The van der Waals surface area contributed by atoms with Crippen LogP contribution in [0, 0.1) is 12.8 Å². The molecule has 146 valence electrons. The number of oxazole rings is 1. The minimum atomic E-state index is -0.302. The van der Waals surface area contributed by atoms with E-state index in [1.54, 1.807) is 6.26 Å². The number of ether oxygens (including phenoxy) is 1. The van der Waals surface area contributed by atoms with Crippen molar-refractivity contribution in [2.75, 3.05) is 46.3 Å². The van der Waals surface area contributed by atoms with E-state index in [-0.39, 0.29) is 11.7 Å². The first-order valence-electron chi connectivity index (χ1n) is 9.65. The van der Waals surface area contributed by atoms with E-state index in [0.717, 1.165) is 64.3 Å². The highest BCUT2D eigenvalue weighted by Gasteiger charge is 2.46. The lowest BCUT2D eigenvalue weighted by molar-refractivity contribution is -0.00152. The molecule has 1 spiro atoms. The number of likely N-dealkylation sites (tertiary alicyclic amines) is 1. The normalized spacial score (nSPS) is 20.5. The van der Waals surface area contributed by atoms with E-state index < -0.39 is 0 Å². The summed E-state index contributed by atoms with van der Waals surface area (Å²) in [5.41, 5.74) is 0.668. The molecular weight excluding hydrogens is 332 g/mol. The quantitative estimate of drug-likeness (QED) is 0.740. The van der Waals surface area contributed by atoms with Crippen molar-refractivity contribution >= 4 is 6.09 Å². The second-order valence-electron chi connectivity index (χ2n) is 8.26. The first-order chi connectivity index (χ1) is 12.3. The van der Waals surface area contributed by atoms with Crippen LogP contribution in [0.3, 0.4) is 0 Å². The Morgan fingerprint density at radius 2 is 2.08 bits per heavy atom. The maximum absolute atomic E-state index is 12.3. The number of carbonyl (C=O) groups is 1. The number of likely N-dealkylation sites (N-methyl/N-ethyl adjacent to an activating group) is 1. The molecular formula is C19H32N4O3. The smallest absolute Gasteiger partial charge is 0.410 e. The van der Waals surface area contributed by atoms with E-state index >= 15 is 0 Å². The summed E-state index contributed by atoms with van der Waals surface area (Å²) in [4.78, 5) is 23.2. The molecule has 0 bridgehead atoms. The third-order valence-corrected chi connectivity index (χ3v) is 5.29. The van der Waals surface area contributed by atoms with Gasteiger partial charge in [-0.1, -0.05) is 13.8 Å². The predicted octanol–water partition coefficient (Wildman–Crippen LogP) is 2.36. The van der Waals surface area contributed by atoms with Crippen LogP contribution in [0.4, 0.5) is 4.79 Å². The summed E-state index contributed by atoms with van der Waals surface area (Å²) in [6.45, 7) is 12.3. The summed E-state index contributed by atoms with van der Waals surface area (Å²) in [5, 5.41) is 0. The fourth-order valence-electron chi connectivity index (χ4n) is 3.96. The van der Waals surface area contributed by atoms with Crippen LogP contribution in [-0.2, 0) is 11.3 Å². The fraction of sp³-hybridized carbons (Fsp3) is 0.789. The number of carbonyl (C=O) groups excluding carboxylic acids is 1. The lowest BCUT2D eigenvalue weighted by atomic mass is 9.91. The van der Waals surface area contributed by atoms with Gasteiger partial charge < -0.3 is 19.0 Å². The van der Waals surface area contributed by atoms with Crippen LogP contribution in [-0.4, -0.2) is 77.7 Å². The predicted molar refractivity (Wildman–Crippen MR) is 98.9 cm³/mol. The van der Waals surface area contributed by atoms with Gasteiger partial charge in [0.2, 0.25) is 0 Å². The van der Waals surface area contributed by atoms with Crippen LogP contribution < -0.4 is 0 Å². The maximum Gasteiger partial charge on any atom is 0.410 e. The van der Waals surface area contributed by atoms with E-state index in [2.05, 4.69) is 35.7 Å². The van der Waals surface area contributed by atoms with Crippen molar-refractivity contribution < 1.29 is 13.9 Å². The molecule has 0 aromatic carbocycles. The average molecular weight is 364 g/mol. The second-order valence-corrected chi connectivity index (χ2v) is 8.26. The van der Waals surface area contributed by atoms with Crippen LogP contribution in [0.15, 0.2) is 10.7 Å². The van der Waals surface area contributed by atoms with Gasteiger partial charge in [-0.2, -0.15) is 0 Å². The lowest BCUT2D eigenvalue weighted by Crippen LogP contribution is -2.47. The van der Waals surface area contributed by atoms with Crippen molar-refractivity contribution in [2.45, 2.75) is 45.8 Å². The number of hydrogen-bond donors (Lipinski definition) is 0. The van der Waals surface area contributed by atoms with E-state index in [4.69, 9.17) is 9.15 Å². The van der Waals surface area contributed by atoms with Crippen molar-refractivity contribution in [3.63, 3.8) is 0 Å². The Labute approximate surface area is 156 Å². The SMILES string of the molecule is Cc1nc(CN2CCC3(CC2)CN(CCN(C)CC(C)C)C(=O)O3)co1. The number of piperidine rings is 1. The molecule has 7 heteroatoms. The molecule has 2 aliphatic rings. The van der Waals surface area contributed by atoms with Gasteiger partial charge in [0.1, 0.15) is 11.9 Å². The fourth-order valence-corrected chi connectivity index (χ4v) is 3.96. The highest BCUT2D eigenvalue weighted by Crippen LogP contribution is 2.33. The number of hydrogen-bond acceptors (Lipinski definition) is 6. The van der Waals surface area contributed by atoms with Gasteiger partial charge in [-0.3, -0.25) is 4.90 Å². The summed E-state index contributed by atoms with van der Waals surface area (Å²) in [6.07, 6.45) is 3.34. The molecule has 0 N–H and O–H groups in total. The lowest BCUT2D eigenvalue weighted by Gasteiger charge is -2.37. The van der Waals surface area contributed by atoms with E-state index in [0.29, 0.717) is 11.8 Å². The monoisotopic (exact) mass is 364 g/mol. The summed E-state index contributed by atoms with van der Waals surface area (Å²) < 4.78 is 11.1. The van der Waals surface area contributed by atoms with Gasteiger partial charge in [-0.05, 0) is 13.0 Å². The van der Waals surface area contributed by atoms with Gasteiger partial charge >= 0.3 is 6.09 Å². The molecule has 2 aliphatic heterocycles. The molecule has 0 atom stereocenters. The third kappa shape index (κ3) is 4.76. The molecule has 0 saturated carbocycles. The molecule has 2 saturated heterocycles. The van der Waals surface area contributed by atoms with Gasteiger partial charge in [-0.25, -0.2) is 9.78 Å². The molecule has 7 nitrogen and oxygen atoms in total. The molecule has 2 fully saturated rings. The van der Waals surface area contributed by atoms with Gasteiger partial charge in [0.25, 0.3) is 0 Å². The summed E-state index contributed by atoms with van der Waals surface area (Å²) in [5.74, 6) is 1.34. The molecule has 26 heavy (non-hydrogen) atoms. The number of aromatic nitrogens is 1. The molecule has 3 rings (SSSR count). The van der Waals surface area contributed by atoms with Gasteiger partial charge in [-0.15, -0.1) is 0 Å². The van der Waals surface area contributed by atoms with E-state index in [9.17, 15) is 4.79 Å². The Bertz CT molecular complexity index is 608. The van der Waals surface area contributed by atoms with Gasteiger partial charge in [0, 0.05) is 59.0 Å². The zero-order valence-electron chi connectivity index (χ0n) is 16.5. The van der Waals surface area contributed by atoms with Crippen LogP contribution in [0.5, 0.6) is 0 Å². The summed E-state index contributed by atoms with van der Waals surface area (Å²) >= 11 is 0. The van der Waals surface area contributed by atoms with Crippen molar-refractivity contribution in [1.82, 2.24) is 19.7 Å². The number of aryl methyl sites for hydroxylation is 1. The van der Waals surface area contributed by atoms with Crippen molar-refractivity contribution in [3.8, 4) is 0 Å². The standard InChI is InChI=1S/C19H32N4O3/c1-15(2)11-21(4)9-10-23-14-19(26-18(23)24)5-7-22(8-6-19)12-17-13-25-16(3)20-17/h13,15H,5-12,14H2,1-4H3. The summed E-state index contributed by atoms with van der Waals surface area (Å²) in [7, 11) is 2.11.